The molecule has 6 nitrogen and oxygen atoms in total. The summed E-state index contributed by atoms with van der Waals surface area (Å²) in [6, 6.07) is 17.5. The van der Waals surface area contributed by atoms with Crippen molar-refractivity contribution in [1.82, 2.24) is 10.4 Å². The molecular formula is C26H19Cl2IN2O4S2. The van der Waals surface area contributed by atoms with E-state index in [-0.39, 0.29) is 10.9 Å². The van der Waals surface area contributed by atoms with E-state index in [9.17, 15) is 9.59 Å². The standard InChI is InChI=1S/C26H19Cl2IN2O4S2/c1-2-34-21-11-15(10-20(29)23(21)35-14-17-8-9-18(27)13-19(17)28)12-22-25(33)31(26(36)37-22)30-24(32)16-6-4-3-5-7-16/h3-13H,2,14H2,1H3,(H,30,32)/b22-12+. The summed E-state index contributed by atoms with van der Waals surface area (Å²) in [6.07, 6.45) is 1.71. The number of hydrogen-bond donors (Lipinski definition) is 1. The van der Waals surface area contributed by atoms with E-state index in [0.29, 0.717) is 38.6 Å². The highest BCUT2D eigenvalue weighted by molar-refractivity contribution is 14.1. The van der Waals surface area contributed by atoms with Crippen LogP contribution in [0.4, 0.5) is 0 Å². The predicted molar refractivity (Wildman–Crippen MR) is 160 cm³/mol. The number of nitrogens with one attached hydrogen (secondary N) is 1. The average Bonchev–Trinajstić information content (AvgIpc) is 3.12. The molecule has 2 amide bonds. The molecule has 190 valence electrons. The molecule has 1 aliphatic heterocycles. The van der Waals surface area contributed by atoms with Crippen LogP contribution in [0.25, 0.3) is 6.08 Å². The number of thiocarbonyl (C=S) groups is 1. The second-order valence-corrected chi connectivity index (χ2v) is 11.3. The number of hydrogen-bond acceptors (Lipinski definition) is 6. The summed E-state index contributed by atoms with van der Waals surface area (Å²) in [5, 5.41) is 2.15. The number of amides is 2. The third-order valence-corrected chi connectivity index (χ3v) is 7.75. The van der Waals surface area contributed by atoms with Crippen molar-refractivity contribution in [2.75, 3.05) is 6.61 Å². The van der Waals surface area contributed by atoms with E-state index in [0.717, 1.165) is 31.5 Å². The molecule has 11 heteroatoms. The van der Waals surface area contributed by atoms with Crippen molar-refractivity contribution < 1.29 is 19.1 Å². The zero-order valence-corrected chi connectivity index (χ0v) is 24.6. The Kier molecular flexibility index (Phi) is 9.36. The lowest BCUT2D eigenvalue weighted by Crippen LogP contribution is -2.44. The Bertz CT molecular complexity index is 1400. The van der Waals surface area contributed by atoms with Crippen molar-refractivity contribution in [3.8, 4) is 11.5 Å². The van der Waals surface area contributed by atoms with E-state index in [4.69, 9.17) is 44.9 Å². The molecule has 0 aromatic heterocycles. The summed E-state index contributed by atoms with van der Waals surface area (Å²) in [5.74, 6) is 0.255. The normalized spacial score (nSPS) is 14.3. The Morgan fingerprint density at radius 3 is 2.59 bits per heavy atom. The van der Waals surface area contributed by atoms with Gasteiger partial charge in [-0.3, -0.25) is 15.0 Å². The van der Waals surface area contributed by atoms with Gasteiger partial charge in [-0.25, -0.2) is 0 Å². The highest BCUT2D eigenvalue weighted by Crippen LogP contribution is 2.38. The first kappa shape index (κ1) is 27.7. The van der Waals surface area contributed by atoms with Crippen molar-refractivity contribution in [3.63, 3.8) is 0 Å². The molecule has 1 heterocycles. The van der Waals surface area contributed by atoms with Crippen molar-refractivity contribution >= 4 is 92.0 Å². The molecule has 0 radical (unpaired) electrons. The summed E-state index contributed by atoms with van der Waals surface area (Å²) in [5.41, 5.74) is 4.51. The Balaban J connectivity index is 1.54. The molecule has 0 saturated carbocycles. The molecule has 1 saturated heterocycles. The summed E-state index contributed by atoms with van der Waals surface area (Å²) < 4.78 is 12.9. The van der Waals surface area contributed by atoms with Gasteiger partial charge in [0.15, 0.2) is 15.8 Å². The molecule has 3 aromatic carbocycles. The fourth-order valence-electron chi connectivity index (χ4n) is 3.33. The van der Waals surface area contributed by atoms with Crippen LogP contribution in [0.3, 0.4) is 0 Å². The maximum atomic E-state index is 13.0. The Hall–Kier alpha value is -2.31. The van der Waals surface area contributed by atoms with Gasteiger partial charge in [0.2, 0.25) is 0 Å². The number of thioether (sulfide) groups is 1. The second kappa shape index (κ2) is 12.5. The molecule has 1 N–H and O–H groups in total. The molecule has 0 atom stereocenters. The molecule has 0 spiro atoms. The summed E-state index contributed by atoms with van der Waals surface area (Å²) >= 11 is 20.9. The number of benzene rings is 3. The van der Waals surface area contributed by atoms with E-state index >= 15 is 0 Å². The van der Waals surface area contributed by atoms with Gasteiger partial charge < -0.3 is 9.47 Å². The van der Waals surface area contributed by atoms with Crippen LogP contribution in [-0.4, -0.2) is 27.8 Å². The minimum Gasteiger partial charge on any atom is -0.490 e. The minimum atomic E-state index is -0.423. The fraction of sp³-hybridized carbons (Fsp3) is 0.115. The fourth-order valence-corrected chi connectivity index (χ4v) is 5.76. The largest absolute Gasteiger partial charge is 0.490 e. The highest BCUT2D eigenvalue weighted by atomic mass is 127. The van der Waals surface area contributed by atoms with Crippen LogP contribution < -0.4 is 14.9 Å². The minimum absolute atomic E-state index is 0.227. The Morgan fingerprint density at radius 1 is 1.14 bits per heavy atom. The lowest BCUT2D eigenvalue weighted by molar-refractivity contribution is -0.123. The molecular weight excluding hydrogens is 666 g/mol. The van der Waals surface area contributed by atoms with Crippen LogP contribution in [0, 0.1) is 3.57 Å². The van der Waals surface area contributed by atoms with Gasteiger partial charge in [-0.2, -0.15) is 5.01 Å². The van der Waals surface area contributed by atoms with E-state index in [1.807, 2.05) is 19.1 Å². The third kappa shape index (κ3) is 6.77. The highest BCUT2D eigenvalue weighted by Gasteiger charge is 2.34. The maximum absolute atomic E-state index is 13.0. The van der Waals surface area contributed by atoms with Crippen LogP contribution in [0.5, 0.6) is 11.5 Å². The number of ether oxygens (including phenoxy) is 2. The van der Waals surface area contributed by atoms with Crippen LogP contribution in [0.1, 0.15) is 28.4 Å². The van der Waals surface area contributed by atoms with Gasteiger partial charge in [0.05, 0.1) is 15.1 Å². The zero-order chi connectivity index (χ0) is 26.5. The summed E-state index contributed by atoms with van der Waals surface area (Å²) in [4.78, 5) is 25.9. The van der Waals surface area contributed by atoms with Crippen LogP contribution in [0.15, 0.2) is 65.6 Å². The molecule has 1 aliphatic rings. The molecule has 3 aromatic rings. The molecule has 4 rings (SSSR count). The van der Waals surface area contributed by atoms with Crippen molar-refractivity contribution in [2.24, 2.45) is 0 Å². The number of carbonyl (C=O) groups is 2. The van der Waals surface area contributed by atoms with E-state index in [1.54, 1.807) is 54.6 Å². The Labute approximate surface area is 247 Å². The first-order valence-electron chi connectivity index (χ1n) is 10.9. The Morgan fingerprint density at radius 2 is 1.89 bits per heavy atom. The van der Waals surface area contributed by atoms with Gasteiger partial charge in [-0.15, -0.1) is 0 Å². The lowest BCUT2D eigenvalue weighted by atomic mass is 10.1. The molecule has 0 unspecified atom stereocenters. The number of halogens is 3. The SMILES string of the molecule is CCOc1cc(/C=C2/SC(=S)N(NC(=O)c3ccccc3)C2=O)cc(I)c1OCc1ccc(Cl)cc1Cl. The van der Waals surface area contributed by atoms with Crippen LogP contribution in [0.2, 0.25) is 10.0 Å². The first-order valence-corrected chi connectivity index (χ1v) is 14.0. The first-order chi connectivity index (χ1) is 17.8. The van der Waals surface area contributed by atoms with Gasteiger partial charge >= 0.3 is 0 Å². The van der Waals surface area contributed by atoms with Gasteiger partial charge in [0.25, 0.3) is 11.8 Å². The number of nitrogens with zero attached hydrogens (tertiary/aromatic N) is 1. The van der Waals surface area contributed by atoms with Gasteiger partial charge in [0, 0.05) is 21.2 Å². The third-order valence-electron chi connectivity index (χ3n) is 5.06. The number of carbonyl (C=O) groups excluding carboxylic acids is 2. The predicted octanol–water partition coefficient (Wildman–Crippen LogP) is 7.12. The number of rotatable bonds is 8. The van der Waals surface area contributed by atoms with E-state index in [1.165, 1.54) is 0 Å². The second-order valence-electron chi connectivity index (χ2n) is 7.61. The van der Waals surface area contributed by atoms with Crippen LogP contribution >= 0.6 is 69.8 Å². The molecule has 0 bridgehead atoms. The van der Waals surface area contributed by atoms with Crippen molar-refractivity contribution in [2.45, 2.75) is 13.5 Å². The quantitative estimate of drug-likeness (QED) is 0.155. The van der Waals surface area contributed by atoms with E-state index < -0.39 is 11.8 Å². The smallest absolute Gasteiger partial charge is 0.285 e. The number of hydrazine groups is 1. The summed E-state index contributed by atoms with van der Waals surface area (Å²) in [7, 11) is 0. The van der Waals surface area contributed by atoms with Crippen LogP contribution in [-0.2, 0) is 11.4 Å². The monoisotopic (exact) mass is 684 g/mol. The molecule has 37 heavy (non-hydrogen) atoms. The van der Waals surface area contributed by atoms with Crippen molar-refractivity contribution in [3.05, 3.63) is 95.9 Å². The van der Waals surface area contributed by atoms with Gasteiger partial charge in [-0.05, 0) is 89.8 Å². The zero-order valence-electron chi connectivity index (χ0n) is 19.3. The maximum Gasteiger partial charge on any atom is 0.285 e. The van der Waals surface area contributed by atoms with Gasteiger partial charge in [-0.1, -0.05) is 59.2 Å². The summed E-state index contributed by atoms with van der Waals surface area (Å²) in [6.45, 7) is 2.52. The molecule has 0 aliphatic carbocycles. The van der Waals surface area contributed by atoms with E-state index in [2.05, 4.69) is 28.0 Å². The average molecular weight is 685 g/mol. The molecule has 1 fully saturated rings. The van der Waals surface area contributed by atoms with Crippen molar-refractivity contribution in [1.29, 1.82) is 0 Å². The lowest BCUT2D eigenvalue weighted by Gasteiger charge is -2.16. The van der Waals surface area contributed by atoms with Gasteiger partial charge in [0.1, 0.15) is 6.61 Å². The topological polar surface area (TPSA) is 67.9 Å².